The number of nitrogens with zero attached hydrogens (tertiary/aromatic N) is 5. The summed E-state index contributed by atoms with van der Waals surface area (Å²) in [7, 11) is 1.61. The molecule has 1 aromatic heterocycles. The van der Waals surface area contributed by atoms with Gasteiger partial charge in [-0.15, -0.1) is 5.10 Å². The Bertz CT molecular complexity index is 1170. The van der Waals surface area contributed by atoms with Crippen molar-refractivity contribution in [2.75, 3.05) is 45.2 Å². The second-order valence-corrected chi connectivity index (χ2v) is 8.26. The van der Waals surface area contributed by atoms with Gasteiger partial charge in [-0.2, -0.15) is 0 Å². The number of rotatable bonds is 7. The molecule has 0 saturated carbocycles. The maximum absolute atomic E-state index is 13.1. The SMILES string of the molecule is CCc1ccccc1NC(=O)CN1CCN(C(=O)c2nnn(-c3cccc(OC)c3)c2C)CC1. The third-order valence-electron chi connectivity index (χ3n) is 6.09. The molecular weight excluding hydrogens is 432 g/mol. The van der Waals surface area contributed by atoms with Crippen LogP contribution in [0.25, 0.3) is 5.69 Å². The van der Waals surface area contributed by atoms with Gasteiger partial charge in [-0.3, -0.25) is 14.5 Å². The van der Waals surface area contributed by atoms with Gasteiger partial charge in [0.05, 0.1) is 25.0 Å². The molecular formula is C25H30N6O3. The van der Waals surface area contributed by atoms with Crippen molar-refractivity contribution in [2.24, 2.45) is 0 Å². The topological polar surface area (TPSA) is 92.6 Å². The number of nitrogens with one attached hydrogen (secondary N) is 1. The van der Waals surface area contributed by atoms with Crippen LogP contribution in [0.3, 0.4) is 0 Å². The van der Waals surface area contributed by atoms with Gasteiger partial charge < -0.3 is 15.0 Å². The highest BCUT2D eigenvalue weighted by molar-refractivity contribution is 5.94. The zero-order valence-electron chi connectivity index (χ0n) is 19.8. The number of carbonyl (C=O) groups excluding carboxylic acids is 2. The molecule has 2 heterocycles. The summed E-state index contributed by atoms with van der Waals surface area (Å²) < 4.78 is 6.92. The fourth-order valence-electron chi connectivity index (χ4n) is 4.12. The van der Waals surface area contributed by atoms with E-state index >= 15 is 0 Å². The van der Waals surface area contributed by atoms with Crippen LogP contribution >= 0.6 is 0 Å². The second-order valence-electron chi connectivity index (χ2n) is 8.26. The van der Waals surface area contributed by atoms with Crippen LogP contribution in [0.4, 0.5) is 5.69 Å². The van der Waals surface area contributed by atoms with E-state index in [0.29, 0.717) is 49.9 Å². The number of hydrogen-bond donors (Lipinski definition) is 1. The Morgan fingerprint density at radius 1 is 1.06 bits per heavy atom. The lowest BCUT2D eigenvalue weighted by molar-refractivity contribution is -0.117. The molecule has 1 fully saturated rings. The van der Waals surface area contributed by atoms with E-state index in [9.17, 15) is 9.59 Å². The van der Waals surface area contributed by atoms with Gasteiger partial charge in [0, 0.05) is 37.9 Å². The van der Waals surface area contributed by atoms with Gasteiger partial charge in [0.1, 0.15) is 5.75 Å². The molecule has 2 amide bonds. The summed E-state index contributed by atoms with van der Waals surface area (Å²) in [5.74, 6) is 0.518. The van der Waals surface area contributed by atoms with E-state index in [4.69, 9.17) is 4.74 Å². The van der Waals surface area contributed by atoms with Crippen LogP contribution in [-0.2, 0) is 11.2 Å². The molecule has 4 rings (SSSR count). The first-order valence-corrected chi connectivity index (χ1v) is 11.5. The number of piperazine rings is 1. The van der Waals surface area contributed by atoms with Gasteiger partial charge in [0.2, 0.25) is 5.91 Å². The number of aryl methyl sites for hydroxylation is 1. The third kappa shape index (κ3) is 5.09. The van der Waals surface area contributed by atoms with E-state index < -0.39 is 0 Å². The van der Waals surface area contributed by atoms with E-state index in [1.807, 2.05) is 55.5 Å². The fraction of sp³-hybridized carbons (Fsp3) is 0.360. The quantitative estimate of drug-likeness (QED) is 0.580. The van der Waals surface area contributed by atoms with E-state index in [1.54, 1.807) is 16.7 Å². The van der Waals surface area contributed by atoms with Crippen molar-refractivity contribution in [1.29, 1.82) is 0 Å². The van der Waals surface area contributed by atoms with Crippen LogP contribution in [0.2, 0.25) is 0 Å². The predicted molar refractivity (Wildman–Crippen MR) is 129 cm³/mol. The number of carbonyl (C=O) groups is 2. The predicted octanol–water partition coefficient (Wildman–Crippen LogP) is 2.54. The van der Waals surface area contributed by atoms with Gasteiger partial charge in [-0.25, -0.2) is 4.68 Å². The standard InChI is InChI=1S/C25H30N6O3/c1-4-19-8-5-6-11-22(19)26-23(32)17-29-12-14-30(15-13-29)25(33)24-18(2)31(28-27-24)20-9-7-10-21(16-20)34-3/h5-11,16H,4,12-15,17H2,1-3H3,(H,26,32). The minimum atomic E-state index is -0.146. The van der Waals surface area contributed by atoms with Crippen molar-refractivity contribution >= 4 is 17.5 Å². The van der Waals surface area contributed by atoms with Crippen molar-refractivity contribution in [3.05, 3.63) is 65.5 Å². The van der Waals surface area contributed by atoms with Crippen LogP contribution in [0, 0.1) is 6.92 Å². The fourth-order valence-corrected chi connectivity index (χ4v) is 4.12. The largest absolute Gasteiger partial charge is 0.497 e. The zero-order valence-corrected chi connectivity index (χ0v) is 19.8. The number of aromatic nitrogens is 3. The van der Waals surface area contributed by atoms with Crippen LogP contribution in [0.15, 0.2) is 48.5 Å². The summed E-state index contributed by atoms with van der Waals surface area (Å²) in [5.41, 5.74) is 3.77. The Morgan fingerprint density at radius 3 is 2.56 bits per heavy atom. The second kappa shape index (κ2) is 10.5. The summed E-state index contributed by atoms with van der Waals surface area (Å²) >= 11 is 0. The van der Waals surface area contributed by atoms with Crippen molar-refractivity contribution in [3.8, 4) is 11.4 Å². The van der Waals surface area contributed by atoms with Crippen LogP contribution < -0.4 is 10.1 Å². The summed E-state index contributed by atoms with van der Waals surface area (Å²) in [5, 5.41) is 11.4. The highest BCUT2D eigenvalue weighted by Gasteiger charge is 2.27. The van der Waals surface area contributed by atoms with Crippen LogP contribution in [0.1, 0.15) is 28.7 Å². The third-order valence-corrected chi connectivity index (χ3v) is 6.09. The van der Waals surface area contributed by atoms with E-state index in [-0.39, 0.29) is 11.8 Å². The molecule has 3 aromatic rings. The first-order valence-electron chi connectivity index (χ1n) is 11.5. The lowest BCUT2D eigenvalue weighted by Crippen LogP contribution is -2.50. The number of ether oxygens (including phenoxy) is 1. The first-order chi connectivity index (χ1) is 16.5. The van der Waals surface area contributed by atoms with Crippen LogP contribution in [-0.4, -0.2) is 76.4 Å². The van der Waals surface area contributed by atoms with Crippen molar-refractivity contribution in [1.82, 2.24) is 24.8 Å². The number of amides is 2. The summed E-state index contributed by atoms with van der Waals surface area (Å²) in [6.07, 6.45) is 0.860. The van der Waals surface area contributed by atoms with Crippen molar-refractivity contribution in [2.45, 2.75) is 20.3 Å². The highest BCUT2D eigenvalue weighted by Crippen LogP contribution is 2.19. The van der Waals surface area contributed by atoms with Gasteiger partial charge in [0.25, 0.3) is 5.91 Å². The molecule has 9 nitrogen and oxygen atoms in total. The molecule has 0 bridgehead atoms. The Morgan fingerprint density at radius 2 is 1.82 bits per heavy atom. The first kappa shape index (κ1) is 23.4. The molecule has 9 heteroatoms. The van der Waals surface area contributed by atoms with Gasteiger partial charge >= 0.3 is 0 Å². The number of benzene rings is 2. The maximum Gasteiger partial charge on any atom is 0.276 e. The highest BCUT2D eigenvalue weighted by atomic mass is 16.5. The summed E-state index contributed by atoms with van der Waals surface area (Å²) in [6.45, 7) is 6.51. The molecule has 0 spiro atoms. The Kier molecular flexibility index (Phi) is 7.22. The van der Waals surface area contributed by atoms with Gasteiger partial charge in [0.15, 0.2) is 5.69 Å². The minimum absolute atomic E-state index is 0.0437. The lowest BCUT2D eigenvalue weighted by Gasteiger charge is -2.34. The molecule has 0 unspecified atom stereocenters. The Hall–Kier alpha value is -3.72. The van der Waals surface area contributed by atoms with Gasteiger partial charge in [-0.1, -0.05) is 36.4 Å². The number of hydrogen-bond acceptors (Lipinski definition) is 6. The Labute approximate surface area is 199 Å². The molecule has 0 radical (unpaired) electrons. The van der Waals surface area contributed by atoms with Crippen LogP contribution in [0.5, 0.6) is 5.75 Å². The number of para-hydroxylation sites is 1. The lowest BCUT2D eigenvalue weighted by atomic mass is 10.1. The summed E-state index contributed by atoms with van der Waals surface area (Å²) in [4.78, 5) is 29.5. The zero-order chi connectivity index (χ0) is 24.1. The average Bonchev–Trinajstić information content (AvgIpc) is 3.25. The molecule has 1 aliphatic heterocycles. The summed E-state index contributed by atoms with van der Waals surface area (Å²) in [6, 6.07) is 15.3. The van der Waals surface area contributed by atoms with Crippen molar-refractivity contribution < 1.29 is 14.3 Å². The number of methoxy groups -OCH3 is 1. The Balaban J connectivity index is 1.34. The molecule has 34 heavy (non-hydrogen) atoms. The molecule has 1 N–H and O–H groups in total. The maximum atomic E-state index is 13.1. The molecule has 2 aromatic carbocycles. The van der Waals surface area contributed by atoms with E-state index in [2.05, 4.69) is 27.5 Å². The van der Waals surface area contributed by atoms with Gasteiger partial charge in [-0.05, 0) is 37.1 Å². The molecule has 1 saturated heterocycles. The molecule has 0 atom stereocenters. The molecule has 0 aliphatic carbocycles. The normalized spacial score (nSPS) is 14.1. The smallest absolute Gasteiger partial charge is 0.276 e. The molecule has 178 valence electrons. The molecule has 1 aliphatic rings. The average molecular weight is 463 g/mol. The van der Waals surface area contributed by atoms with E-state index in [1.165, 1.54) is 0 Å². The van der Waals surface area contributed by atoms with Crippen molar-refractivity contribution in [3.63, 3.8) is 0 Å². The monoisotopic (exact) mass is 462 g/mol. The minimum Gasteiger partial charge on any atom is -0.497 e. The van der Waals surface area contributed by atoms with E-state index in [0.717, 1.165) is 23.4 Å². The number of anilines is 1.